The van der Waals surface area contributed by atoms with Gasteiger partial charge in [0.15, 0.2) is 5.82 Å². The van der Waals surface area contributed by atoms with Crippen molar-refractivity contribution in [3.8, 4) is 5.75 Å². The maximum absolute atomic E-state index is 12.3. The third kappa shape index (κ3) is 3.54. The molecule has 8 heteroatoms. The number of aromatic carboxylic acids is 1. The Balaban J connectivity index is 1.81. The van der Waals surface area contributed by atoms with Gasteiger partial charge in [0.1, 0.15) is 5.75 Å². The van der Waals surface area contributed by atoms with E-state index in [0.29, 0.717) is 22.2 Å². The van der Waals surface area contributed by atoms with Gasteiger partial charge in [-0.3, -0.25) is 9.59 Å². The molecule has 3 rings (SSSR count). The summed E-state index contributed by atoms with van der Waals surface area (Å²) in [5, 5.41) is 11.9. The molecule has 3 aromatic rings. The Morgan fingerprint density at radius 3 is 2.77 bits per heavy atom. The van der Waals surface area contributed by atoms with Gasteiger partial charge in [0.25, 0.3) is 11.5 Å². The number of aromatic amines is 1. The summed E-state index contributed by atoms with van der Waals surface area (Å²) in [6.45, 7) is 0.102. The van der Waals surface area contributed by atoms with Gasteiger partial charge in [0, 0.05) is 6.54 Å². The van der Waals surface area contributed by atoms with Gasteiger partial charge in [0.2, 0.25) is 0 Å². The predicted octanol–water partition coefficient (Wildman–Crippen LogP) is 1.56. The highest BCUT2D eigenvalue weighted by Crippen LogP contribution is 2.16. The van der Waals surface area contributed by atoms with E-state index in [2.05, 4.69) is 15.3 Å². The van der Waals surface area contributed by atoms with E-state index in [9.17, 15) is 14.4 Å². The molecular formula is C18H15N3O5. The molecule has 132 valence electrons. The van der Waals surface area contributed by atoms with Gasteiger partial charge in [-0.05, 0) is 35.9 Å². The monoisotopic (exact) mass is 353 g/mol. The van der Waals surface area contributed by atoms with Gasteiger partial charge >= 0.3 is 5.97 Å². The lowest BCUT2D eigenvalue weighted by Crippen LogP contribution is -2.27. The molecule has 0 unspecified atom stereocenters. The van der Waals surface area contributed by atoms with Crippen LogP contribution in [0, 0.1) is 0 Å². The Labute approximate surface area is 147 Å². The molecule has 0 bridgehead atoms. The number of H-pyrrole nitrogens is 1. The Hall–Kier alpha value is -3.68. The number of amides is 1. The van der Waals surface area contributed by atoms with Crippen molar-refractivity contribution >= 4 is 22.8 Å². The standard InChI is InChI=1S/C18H15N3O5/c1-26-12-5-6-14-13(8-12)16(22)21-15(20-14)17(23)19-9-10-3-2-4-11(7-10)18(24)25/h2-8H,9H2,1H3,(H,19,23)(H,24,25)(H,20,21,22). The minimum absolute atomic E-state index is 0.102. The van der Waals surface area contributed by atoms with Crippen LogP contribution in [-0.2, 0) is 6.54 Å². The number of hydrogen-bond donors (Lipinski definition) is 3. The summed E-state index contributed by atoms with van der Waals surface area (Å²) < 4.78 is 5.07. The second-order valence-corrected chi connectivity index (χ2v) is 5.49. The van der Waals surface area contributed by atoms with Crippen molar-refractivity contribution in [1.29, 1.82) is 0 Å². The maximum Gasteiger partial charge on any atom is 0.335 e. The number of rotatable bonds is 5. The zero-order valence-corrected chi connectivity index (χ0v) is 13.8. The Morgan fingerprint density at radius 2 is 2.04 bits per heavy atom. The summed E-state index contributed by atoms with van der Waals surface area (Å²) in [5.41, 5.74) is 0.661. The Morgan fingerprint density at radius 1 is 1.23 bits per heavy atom. The van der Waals surface area contributed by atoms with Crippen LogP contribution < -0.4 is 15.6 Å². The molecule has 0 saturated carbocycles. The molecular weight excluding hydrogens is 338 g/mol. The second kappa shape index (κ2) is 7.06. The highest BCUT2D eigenvalue weighted by Gasteiger charge is 2.12. The minimum atomic E-state index is -1.05. The van der Waals surface area contributed by atoms with Crippen molar-refractivity contribution in [1.82, 2.24) is 15.3 Å². The van der Waals surface area contributed by atoms with Gasteiger partial charge in [-0.1, -0.05) is 12.1 Å². The van der Waals surface area contributed by atoms with Crippen molar-refractivity contribution < 1.29 is 19.4 Å². The van der Waals surface area contributed by atoms with E-state index in [1.54, 1.807) is 30.3 Å². The van der Waals surface area contributed by atoms with Crippen LogP contribution in [0.3, 0.4) is 0 Å². The van der Waals surface area contributed by atoms with Gasteiger partial charge in [-0.2, -0.15) is 0 Å². The summed E-state index contributed by atoms with van der Waals surface area (Å²) in [7, 11) is 1.49. The van der Waals surface area contributed by atoms with Crippen molar-refractivity contribution in [2.24, 2.45) is 0 Å². The van der Waals surface area contributed by atoms with E-state index in [-0.39, 0.29) is 17.9 Å². The average Bonchev–Trinajstić information content (AvgIpc) is 2.66. The Bertz CT molecular complexity index is 1060. The third-order valence-corrected chi connectivity index (χ3v) is 3.75. The number of nitrogens with zero attached hydrogens (tertiary/aromatic N) is 1. The molecule has 0 radical (unpaired) electrons. The highest BCUT2D eigenvalue weighted by atomic mass is 16.5. The minimum Gasteiger partial charge on any atom is -0.497 e. The summed E-state index contributed by atoms with van der Waals surface area (Å²) >= 11 is 0. The molecule has 0 aliphatic carbocycles. The third-order valence-electron chi connectivity index (χ3n) is 3.75. The van der Waals surface area contributed by atoms with Crippen molar-refractivity contribution in [3.05, 3.63) is 69.8 Å². The number of carbonyl (C=O) groups excluding carboxylic acids is 1. The van der Waals surface area contributed by atoms with Crippen LogP contribution in [-0.4, -0.2) is 34.1 Å². The molecule has 1 amide bonds. The van der Waals surface area contributed by atoms with Crippen molar-refractivity contribution in [2.75, 3.05) is 7.11 Å². The van der Waals surface area contributed by atoms with E-state index in [1.165, 1.54) is 19.2 Å². The maximum atomic E-state index is 12.3. The quantitative estimate of drug-likeness (QED) is 0.640. The van der Waals surface area contributed by atoms with Crippen LogP contribution in [0.2, 0.25) is 0 Å². The molecule has 8 nitrogen and oxygen atoms in total. The lowest BCUT2D eigenvalue weighted by Gasteiger charge is -2.07. The smallest absolute Gasteiger partial charge is 0.335 e. The zero-order chi connectivity index (χ0) is 18.7. The Kier molecular flexibility index (Phi) is 4.66. The fourth-order valence-corrected chi connectivity index (χ4v) is 2.43. The largest absolute Gasteiger partial charge is 0.497 e. The van der Waals surface area contributed by atoms with E-state index >= 15 is 0 Å². The molecule has 1 heterocycles. The fourth-order valence-electron chi connectivity index (χ4n) is 2.43. The second-order valence-electron chi connectivity index (χ2n) is 5.49. The molecule has 3 N–H and O–H groups in total. The normalized spacial score (nSPS) is 10.5. The van der Waals surface area contributed by atoms with Crippen LogP contribution in [0.15, 0.2) is 47.3 Å². The van der Waals surface area contributed by atoms with Crippen LogP contribution >= 0.6 is 0 Å². The van der Waals surface area contributed by atoms with Crippen molar-refractivity contribution in [2.45, 2.75) is 6.54 Å². The number of hydrogen-bond acceptors (Lipinski definition) is 5. The number of nitrogens with one attached hydrogen (secondary N) is 2. The number of aromatic nitrogens is 2. The van der Waals surface area contributed by atoms with E-state index in [0.717, 1.165) is 0 Å². The number of benzene rings is 2. The van der Waals surface area contributed by atoms with E-state index in [4.69, 9.17) is 9.84 Å². The lowest BCUT2D eigenvalue weighted by molar-refractivity contribution is 0.0696. The summed E-state index contributed by atoms with van der Waals surface area (Å²) in [6.07, 6.45) is 0. The fraction of sp³-hybridized carbons (Fsp3) is 0.111. The first-order chi connectivity index (χ1) is 12.5. The molecule has 0 aliphatic heterocycles. The van der Waals surface area contributed by atoms with E-state index < -0.39 is 17.4 Å². The van der Waals surface area contributed by atoms with Crippen LogP contribution in [0.25, 0.3) is 10.9 Å². The van der Waals surface area contributed by atoms with Gasteiger partial charge in [-0.25, -0.2) is 9.78 Å². The molecule has 26 heavy (non-hydrogen) atoms. The van der Waals surface area contributed by atoms with Crippen LogP contribution in [0.5, 0.6) is 5.75 Å². The number of carboxylic acid groups (broad SMARTS) is 1. The van der Waals surface area contributed by atoms with Gasteiger partial charge < -0.3 is 20.1 Å². The number of ether oxygens (including phenoxy) is 1. The van der Waals surface area contributed by atoms with E-state index in [1.807, 2.05) is 0 Å². The molecule has 1 aromatic heterocycles. The molecule has 0 saturated heterocycles. The van der Waals surface area contributed by atoms with Gasteiger partial charge in [0.05, 0.1) is 23.6 Å². The number of carboxylic acids is 1. The summed E-state index contributed by atoms with van der Waals surface area (Å²) in [6, 6.07) is 11.0. The topological polar surface area (TPSA) is 121 Å². The molecule has 0 spiro atoms. The number of carbonyl (C=O) groups is 2. The number of methoxy groups -OCH3 is 1. The SMILES string of the molecule is COc1ccc2nc(C(=O)NCc3cccc(C(=O)O)c3)[nH]c(=O)c2c1. The lowest BCUT2D eigenvalue weighted by atomic mass is 10.1. The molecule has 0 atom stereocenters. The predicted molar refractivity (Wildman–Crippen MR) is 93.5 cm³/mol. The van der Waals surface area contributed by atoms with Crippen LogP contribution in [0.4, 0.5) is 0 Å². The highest BCUT2D eigenvalue weighted by molar-refractivity contribution is 5.93. The molecule has 0 fully saturated rings. The average molecular weight is 353 g/mol. The summed E-state index contributed by atoms with van der Waals surface area (Å²) in [4.78, 5) is 42.0. The first-order valence-electron chi connectivity index (χ1n) is 7.66. The first-order valence-corrected chi connectivity index (χ1v) is 7.66. The van der Waals surface area contributed by atoms with Crippen LogP contribution in [0.1, 0.15) is 26.5 Å². The van der Waals surface area contributed by atoms with Gasteiger partial charge in [-0.15, -0.1) is 0 Å². The first kappa shape index (κ1) is 17.2. The summed E-state index contributed by atoms with van der Waals surface area (Å²) in [5.74, 6) is -1.22. The number of fused-ring (bicyclic) bond motifs is 1. The zero-order valence-electron chi connectivity index (χ0n) is 13.8. The molecule has 0 aliphatic rings. The molecule has 2 aromatic carbocycles. The van der Waals surface area contributed by atoms with Crippen molar-refractivity contribution in [3.63, 3.8) is 0 Å².